The summed E-state index contributed by atoms with van der Waals surface area (Å²) in [6.07, 6.45) is 0.716. The van der Waals surface area contributed by atoms with E-state index in [2.05, 4.69) is 49.2 Å². The molecule has 1 aromatic carbocycles. The number of rotatable bonds is 4. The van der Waals surface area contributed by atoms with Gasteiger partial charge in [0.1, 0.15) is 0 Å². The van der Waals surface area contributed by atoms with Gasteiger partial charge in [-0.05, 0) is 25.0 Å². The fraction of sp³-hybridized carbons (Fsp3) is 0.625. The van der Waals surface area contributed by atoms with Crippen LogP contribution in [0.1, 0.15) is 31.4 Å². The standard InChI is InChI=1S/C16H26N2O2S/c1-13(2)17-12-15-11-14(3)5-6-16(15)18-7-4-9-21(19,20)10-8-18/h5-6,11,13,17H,4,7-10,12H2,1-3H3. The van der Waals surface area contributed by atoms with Crippen LogP contribution in [-0.4, -0.2) is 39.1 Å². The Hall–Kier alpha value is -1.07. The summed E-state index contributed by atoms with van der Waals surface area (Å²) in [5.74, 6) is 0.576. The minimum Gasteiger partial charge on any atom is -0.370 e. The van der Waals surface area contributed by atoms with E-state index < -0.39 is 9.84 Å². The zero-order chi connectivity index (χ0) is 15.5. The van der Waals surface area contributed by atoms with Crippen LogP contribution < -0.4 is 10.2 Å². The smallest absolute Gasteiger partial charge is 0.152 e. The van der Waals surface area contributed by atoms with Crippen molar-refractivity contribution < 1.29 is 8.42 Å². The molecule has 118 valence electrons. The van der Waals surface area contributed by atoms with Gasteiger partial charge in [-0.2, -0.15) is 0 Å². The maximum Gasteiger partial charge on any atom is 0.152 e. The Balaban J connectivity index is 2.21. The van der Waals surface area contributed by atoms with Crippen LogP contribution in [-0.2, 0) is 16.4 Å². The first-order valence-electron chi connectivity index (χ1n) is 7.66. The van der Waals surface area contributed by atoms with Gasteiger partial charge in [0, 0.05) is 31.4 Å². The maximum absolute atomic E-state index is 11.8. The fourth-order valence-electron chi connectivity index (χ4n) is 2.66. The average Bonchev–Trinajstić information content (AvgIpc) is 2.57. The van der Waals surface area contributed by atoms with Gasteiger partial charge in [0.2, 0.25) is 0 Å². The van der Waals surface area contributed by atoms with Crippen molar-refractivity contribution >= 4 is 15.5 Å². The van der Waals surface area contributed by atoms with E-state index >= 15 is 0 Å². The van der Waals surface area contributed by atoms with Gasteiger partial charge in [0.25, 0.3) is 0 Å². The van der Waals surface area contributed by atoms with Crippen LogP contribution in [0.2, 0.25) is 0 Å². The number of nitrogens with one attached hydrogen (secondary N) is 1. The number of sulfone groups is 1. The molecule has 0 amide bonds. The summed E-state index contributed by atoms with van der Waals surface area (Å²) in [5.41, 5.74) is 3.66. The molecule has 1 saturated heterocycles. The molecule has 1 fully saturated rings. The summed E-state index contributed by atoms with van der Waals surface area (Å²) in [5, 5.41) is 3.46. The normalized spacial score (nSPS) is 18.8. The second-order valence-electron chi connectivity index (χ2n) is 6.16. The van der Waals surface area contributed by atoms with Crippen molar-refractivity contribution in [2.75, 3.05) is 29.5 Å². The molecule has 5 heteroatoms. The first kappa shape index (κ1) is 16.3. The number of benzene rings is 1. The largest absolute Gasteiger partial charge is 0.370 e. The lowest BCUT2D eigenvalue weighted by atomic mass is 10.1. The summed E-state index contributed by atoms with van der Waals surface area (Å²) in [6, 6.07) is 6.87. The molecular formula is C16H26N2O2S. The molecule has 0 aliphatic carbocycles. The lowest BCUT2D eigenvalue weighted by molar-refractivity contribution is 0.587. The van der Waals surface area contributed by atoms with E-state index in [9.17, 15) is 8.42 Å². The minimum atomic E-state index is -2.86. The Kier molecular flexibility index (Phi) is 5.27. The van der Waals surface area contributed by atoms with E-state index in [1.54, 1.807) is 0 Å². The van der Waals surface area contributed by atoms with Gasteiger partial charge >= 0.3 is 0 Å². The second-order valence-corrected chi connectivity index (χ2v) is 8.46. The number of hydrogen-bond donors (Lipinski definition) is 1. The van der Waals surface area contributed by atoms with Crippen LogP contribution in [0.4, 0.5) is 5.69 Å². The first-order valence-corrected chi connectivity index (χ1v) is 9.48. The Morgan fingerprint density at radius 2 is 2.00 bits per heavy atom. The fourth-order valence-corrected chi connectivity index (χ4v) is 3.93. The van der Waals surface area contributed by atoms with E-state index in [1.807, 2.05) is 0 Å². The van der Waals surface area contributed by atoms with Crippen molar-refractivity contribution in [3.8, 4) is 0 Å². The van der Waals surface area contributed by atoms with Crippen molar-refractivity contribution in [3.63, 3.8) is 0 Å². The molecule has 0 saturated carbocycles. The predicted octanol–water partition coefficient (Wildman–Crippen LogP) is 2.12. The molecule has 0 radical (unpaired) electrons. The molecule has 1 aliphatic heterocycles. The topological polar surface area (TPSA) is 49.4 Å². The van der Waals surface area contributed by atoms with E-state index in [1.165, 1.54) is 16.8 Å². The maximum atomic E-state index is 11.8. The molecule has 4 nitrogen and oxygen atoms in total. The molecule has 21 heavy (non-hydrogen) atoms. The summed E-state index contributed by atoms with van der Waals surface area (Å²) >= 11 is 0. The SMILES string of the molecule is Cc1ccc(N2CCCS(=O)(=O)CC2)c(CNC(C)C)c1. The molecule has 0 spiro atoms. The third-order valence-electron chi connectivity index (χ3n) is 3.83. The van der Waals surface area contributed by atoms with Crippen molar-refractivity contribution in [2.45, 2.75) is 39.8 Å². The van der Waals surface area contributed by atoms with E-state index in [-0.39, 0.29) is 5.75 Å². The van der Waals surface area contributed by atoms with Gasteiger partial charge in [0.05, 0.1) is 11.5 Å². The number of hydrogen-bond acceptors (Lipinski definition) is 4. The van der Waals surface area contributed by atoms with Crippen molar-refractivity contribution in [3.05, 3.63) is 29.3 Å². The molecule has 0 bridgehead atoms. The van der Waals surface area contributed by atoms with Gasteiger partial charge in [-0.3, -0.25) is 0 Å². The Morgan fingerprint density at radius 3 is 2.71 bits per heavy atom. The van der Waals surface area contributed by atoms with E-state index in [4.69, 9.17) is 0 Å². The zero-order valence-electron chi connectivity index (χ0n) is 13.2. The number of aryl methyl sites for hydroxylation is 1. The zero-order valence-corrected chi connectivity index (χ0v) is 14.0. The van der Waals surface area contributed by atoms with Crippen LogP contribution in [0, 0.1) is 6.92 Å². The van der Waals surface area contributed by atoms with Gasteiger partial charge in [-0.1, -0.05) is 31.5 Å². The van der Waals surface area contributed by atoms with Gasteiger partial charge in [-0.25, -0.2) is 8.42 Å². The molecule has 0 unspecified atom stereocenters. The third-order valence-corrected chi connectivity index (χ3v) is 5.55. The van der Waals surface area contributed by atoms with E-state index in [0.29, 0.717) is 24.8 Å². The molecule has 1 N–H and O–H groups in total. The third kappa shape index (κ3) is 4.71. The van der Waals surface area contributed by atoms with Crippen LogP contribution in [0.25, 0.3) is 0 Å². The molecule has 2 rings (SSSR count). The first-order chi connectivity index (χ1) is 9.87. The van der Waals surface area contributed by atoms with E-state index in [0.717, 1.165) is 13.1 Å². The summed E-state index contributed by atoms with van der Waals surface area (Å²) in [6.45, 7) is 8.59. The molecular weight excluding hydrogens is 284 g/mol. The van der Waals surface area contributed by atoms with Gasteiger partial charge in [0.15, 0.2) is 9.84 Å². The average molecular weight is 310 g/mol. The van der Waals surface area contributed by atoms with Crippen LogP contribution >= 0.6 is 0 Å². The quantitative estimate of drug-likeness (QED) is 0.925. The lowest BCUT2D eigenvalue weighted by Crippen LogP contribution is -2.29. The number of nitrogens with zero attached hydrogens (tertiary/aromatic N) is 1. The molecule has 1 aliphatic rings. The Labute approximate surface area is 128 Å². The van der Waals surface area contributed by atoms with Crippen molar-refractivity contribution in [1.82, 2.24) is 5.32 Å². The Morgan fingerprint density at radius 1 is 1.24 bits per heavy atom. The number of anilines is 1. The highest BCUT2D eigenvalue weighted by Crippen LogP contribution is 2.24. The van der Waals surface area contributed by atoms with Gasteiger partial charge in [-0.15, -0.1) is 0 Å². The van der Waals surface area contributed by atoms with Gasteiger partial charge < -0.3 is 10.2 Å². The minimum absolute atomic E-state index is 0.262. The lowest BCUT2D eigenvalue weighted by Gasteiger charge is -2.26. The second kappa shape index (κ2) is 6.79. The highest BCUT2D eigenvalue weighted by atomic mass is 32.2. The molecule has 1 heterocycles. The molecule has 0 atom stereocenters. The van der Waals surface area contributed by atoms with Crippen molar-refractivity contribution in [1.29, 1.82) is 0 Å². The van der Waals surface area contributed by atoms with Crippen molar-refractivity contribution in [2.24, 2.45) is 0 Å². The Bertz CT molecular complexity index is 582. The highest BCUT2D eigenvalue weighted by Gasteiger charge is 2.20. The van der Waals surface area contributed by atoms with Crippen LogP contribution in [0.5, 0.6) is 0 Å². The van der Waals surface area contributed by atoms with Crippen LogP contribution in [0.15, 0.2) is 18.2 Å². The van der Waals surface area contributed by atoms with Crippen LogP contribution in [0.3, 0.4) is 0 Å². The summed E-state index contributed by atoms with van der Waals surface area (Å²) < 4.78 is 23.5. The predicted molar refractivity (Wildman–Crippen MR) is 88.6 cm³/mol. The monoisotopic (exact) mass is 310 g/mol. The summed E-state index contributed by atoms with van der Waals surface area (Å²) in [4.78, 5) is 2.22. The molecule has 1 aromatic rings. The summed E-state index contributed by atoms with van der Waals surface area (Å²) in [7, 11) is -2.86. The highest BCUT2D eigenvalue weighted by molar-refractivity contribution is 7.91. The molecule has 0 aromatic heterocycles.